The molecule has 3 heterocycles. The minimum Gasteiger partial charge on any atom is -0.391 e. The predicted octanol–water partition coefficient (Wildman–Crippen LogP) is 1.50. The van der Waals surface area contributed by atoms with Gasteiger partial charge in [0.15, 0.2) is 0 Å². The van der Waals surface area contributed by atoms with Gasteiger partial charge in [0.2, 0.25) is 5.95 Å². The van der Waals surface area contributed by atoms with Gasteiger partial charge in [0.25, 0.3) is 0 Å². The van der Waals surface area contributed by atoms with Gasteiger partial charge in [-0.25, -0.2) is 9.97 Å². The monoisotopic (exact) mass is 256 g/mol. The Kier molecular flexibility index (Phi) is 3.37. The van der Waals surface area contributed by atoms with Crippen molar-refractivity contribution in [2.45, 2.75) is 18.9 Å². The molecule has 0 saturated carbocycles. The van der Waals surface area contributed by atoms with E-state index in [4.69, 9.17) is 0 Å². The highest BCUT2D eigenvalue weighted by atomic mass is 16.3. The highest BCUT2D eigenvalue weighted by molar-refractivity contribution is 5.57. The predicted molar refractivity (Wildman–Crippen MR) is 72.7 cm³/mol. The van der Waals surface area contributed by atoms with E-state index in [-0.39, 0.29) is 6.10 Å². The molecule has 1 atom stereocenters. The molecule has 98 valence electrons. The van der Waals surface area contributed by atoms with E-state index in [1.54, 1.807) is 18.6 Å². The van der Waals surface area contributed by atoms with E-state index < -0.39 is 0 Å². The third-order valence-electron chi connectivity index (χ3n) is 3.28. The molecular formula is C14H16N4O. The van der Waals surface area contributed by atoms with Crippen LogP contribution in [0.4, 0.5) is 5.95 Å². The third kappa shape index (κ3) is 2.71. The summed E-state index contributed by atoms with van der Waals surface area (Å²) in [4.78, 5) is 15.0. The molecule has 0 aromatic carbocycles. The van der Waals surface area contributed by atoms with Crippen molar-refractivity contribution in [2.75, 3.05) is 18.0 Å². The molecule has 1 saturated heterocycles. The maximum atomic E-state index is 9.67. The Hall–Kier alpha value is -2.01. The number of anilines is 1. The molecule has 0 bridgehead atoms. The molecule has 0 spiro atoms. The summed E-state index contributed by atoms with van der Waals surface area (Å²) in [6.07, 6.45) is 6.89. The Morgan fingerprint density at radius 2 is 2.00 bits per heavy atom. The number of hydrogen-bond donors (Lipinski definition) is 1. The summed E-state index contributed by atoms with van der Waals surface area (Å²) in [6.45, 7) is 1.52. The molecule has 5 heteroatoms. The normalized spacial score (nSPS) is 19.4. The second kappa shape index (κ2) is 5.32. The average molecular weight is 256 g/mol. The Morgan fingerprint density at radius 1 is 1.16 bits per heavy atom. The maximum Gasteiger partial charge on any atom is 0.225 e. The highest BCUT2D eigenvalue weighted by Crippen LogP contribution is 2.19. The Morgan fingerprint density at radius 3 is 2.68 bits per heavy atom. The summed E-state index contributed by atoms with van der Waals surface area (Å²) in [5.41, 5.74) is 1.77. The molecular weight excluding hydrogens is 240 g/mol. The molecule has 1 fully saturated rings. The lowest BCUT2D eigenvalue weighted by atomic mass is 10.1. The van der Waals surface area contributed by atoms with Crippen LogP contribution in [0, 0.1) is 0 Å². The van der Waals surface area contributed by atoms with Crippen molar-refractivity contribution >= 4 is 5.95 Å². The molecule has 2 aromatic rings. The lowest BCUT2D eigenvalue weighted by Gasteiger charge is -2.29. The largest absolute Gasteiger partial charge is 0.391 e. The van der Waals surface area contributed by atoms with Gasteiger partial charge in [-0.1, -0.05) is 6.07 Å². The van der Waals surface area contributed by atoms with Gasteiger partial charge in [0, 0.05) is 37.2 Å². The first-order valence-electron chi connectivity index (χ1n) is 6.49. The minimum absolute atomic E-state index is 0.271. The molecule has 1 N–H and O–H groups in total. The third-order valence-corrected chi connectivity index (χ3v) is 3.28. The zero-order valence-corrected chi connectivity index (χ0v) is 10.6. The van der Waals surface area contributed by atoms with E-state index in [1.165, 1.54) is 0 Å². The van der Waals surface area contributed by atoms with Gasteiger partial charge in [0.05, 0.1) is 11.8 Å². The summed E-state index contributed by atoms with van der Waals surface area (Å²) >= 11 is 0. The van der Waals surface area contributed by atoms with Crippen LogP contribution >= 0.6 is 0 Å². The minimum atomic E-state index is -0.271. The number of aromatic nitrogens is 3. The van der Waals surface area contributed by atoms with Gasteiger partial charge in [-0.3, -0.25) is 4.98 Å². The summed E-state index contributed by atoms with van der Waals surface area (Å²) in [5, 5.41) is 9.67. The van der Waals surface area contributed by atoms with E-state index in [2.05, 4.69) is 15.0 Å². The molecule has 3 rings (SSSR count). The fourth-order valence-corrected chi connectivity index (χ4v) is 2.29. The van der Waals surface area contributed by atoms with Crippen LogP contribution in [0.3, 0.4) is 0 Å². The molecule has 5 nitrogen and oxygen atoms in total. The highest BCUT2D eigenvalue weighted by Gasteiger charge is 2.19. The molecule has 1 unspecified atom stereocenters. The van der Waals surface area contributed by atoms with Gasteiger partial charge in [0.1, 0.15) is 0 Å². The Balaban J connectivity index is 1.79. The van der Waals surface area contributed by atoms with Crippen LogP contribution in [-0.2, 0) is 0 Å². The van der Waals surface area contributed by atoms with E-state index >= 15 is 0 Å². The first-order valence-corrected chi connectivity index (χ1v) is 6.49. The summed E-state index contributed by atoms with van der Waals surface area (Å²) < 4.78 is 0. The van der Waals surface area contributed by atoms with Gasteiger partial charge in [-0.05, 0) is 25.0 Å². The lowest BCUT2D eigenvalue weighted by molar-refractivity contribution is 0.153. The van der Waals surface area contributed by atoms with Gasteiger partial charge in [-0.2, -0.15) is 0 Å². The van der Waals surface area contributed by atoms with Gasteiger partial charge < -0.3 is 10.0 Å². The second-order valence-electron chi connectivity index (χ2n) is 4.73. The van der Waals surface area contributed by atoms with Gasteiger partial charge in [-0.15, -0.1) is 0 Å². The Bertz CT molecular complexity index is 529. The zero-order valence-electron chi connectivity index (χ0n) is 10.6. The van der Waals surface area contributed by atoms with Crippen molar-refractivity contribution in [3.8, 4) is 11.3 Å². The van der Waals surface area contributed by atoms with Crippen LogP contribution in [0.1, 0.15) is 12.8 Å². The van der Waals surface area contributed by atoms with Crippen LogP contribution in [0.2, 0.25) is 0 Å². The standard InChI is InChI=1S/C14H16N4O/c19-12-4-3-7-18(10-12)14-16-8-11(9-17-14)13-5-1-2-6-15-13/h1-2,5-6,8-9,12,19H,3-4,7,10H2. The summed E-state index contributed by atoms with van der Waals surface area (Å²) in [7, 11) is 0. The smallest absolute Gasteiger partial charge is 0.225 e. The van der Waals surface area contributed by atoms with Crippen molar-refractivity contribution in [1.82, 2.24) is 15.0 Å². The van der Waals surface area contributed by atoms with Crippen LogP contribution in [-0.4, -0.2) is 39.3 Å². The number of hydrogen-bond acceptors (Lipinski definition) is 5. The first-order chi connectivity index (χ1) is 9.33. The number of pyridine rings is 1. The Labute approximate surface area is 112 Å². The number of nitrogens with zero attached hydrogens (tertiary/aromatic N) is 4. The maximum absolute atomic E-state index is 9.67. The van der Waals surface area contributed by atoms with E-state index in [0.29, 0.717) is 12.5 Å². The topological polar surface area (TPSA) is 62.1 Å². The number of rotatable bonds is 2. The molecule has 0 radical (unpaired) electrons. The van der Waals surface area contributed by atoms with E-state index in [9.17, 15) is 5.11 Å². The fourth-order valence-electron chi connectivity index (χ4n) is 2.29. The van der Waals surface area contributed by atoms with Crippen LogP contribution in [0.5, 0.6) is 0 Å². The van der Waals surface area contributed by atoms with Crippen molar-refractivity contribution < 1.29 is 5.11 Å². The fraction of sp³-hybridized carbons (Fsp3) is 0.357. The molecule has 19 heavy (non-hydrogen) atoms. The summed E-state index contributed by atoms with van der Waals surface area (Å²) in [6, 6.07) is 5.76. The molecule has 1 aliphatic heterocycles. The number of piperidine rings is 1. The summed E-state index contributed by atoms with van der Waals surface area (Å²) in [5.74, 6) is 0.679. The van der Waals surface area contributed by atoms with Crippen molar-refractivity contribution in [1.29, 1.82) is 0 Å². The number of aliphatic hydroxyl groups excluding tert-OH is 1. The quantitative estimate of drug-likeness (QED) is 0.882. The lowest BCUT2D eigenvalue weighted by Crippen LogP contribution is -2.39. The molecule has 2 aromatic heterocycles. The van der Waals surface area contributed by atoms with Gasteiger partial charge >= 0.3 is 0 Å². The molecule has 1 aliphatic rings. The number of β-amino-alcohol motifs (C(OH)–C–C–N with tert-alkyl or cyclic N) is 1. The van der Waals surface area contributed by atoms with E-state index in [1.807, 2.05) is 23.1 Å². The van der Waals surface area contributed by atoms with Crippen molar-refractivity contribution in [3.05, 3.63) is 36.8 Å². The second-order valence-corrected chi connectivity index (χ2v) is 4.73. The molecule has 0 amide bonds. The van der Waals surface area contributed by atoms with Crippen LogP contribution in [0.25, 0.3) is 11.3 Å². The van der Waals surface area contributed by atoms with Crippen molar-refractivity contribution in [2.24, 2.45) is 0 Å². The zero-order chi connectivity index (χ0) is 13.1. The number of aliphatic hydroxyl groups is 1. The van der Waals surface area contributed by atoms with E-state index in [0.717, 1.165) is 30.6 Å². The average Bonchev–Trinajstić information content (AvgIpc) is 2.48. The first kappa shape index (κ1) is 12.0. The van der Waals surface area contributed by atoms with Crippen LogP contribution in [0.15, 0.2) is 36.8 Å². The van der Waals surface area contributed by atoms with Crippen LogP contribution < -0.4 is 4.90 Å². The SMILES string of the molecule is OC1CCCN(c2ncc(-c3ccccn3)cn2)C1. The molecule has 0 aliphatic carbocycles. The van der Waals surface area contributed by atoms with Crippen molar-refractivity contribution in [3.63, 3.8) is 0 Å².